The molecule has 0 bridgehead atoms. The first-order chi connectivity index (χ1) is 6.70. The summed E-state index contributed by atoms with van der Waals surface area (Å²) in [5.74, 6) is -0.520. The Morgan fingerprint density at radius 2 is 2.21 bits per heavy atom. The van der Waals surface area contributed by atoms with Crippen LogP contribution in [0.5, 0.6) is 0 Å². The lowest BCUT2D eigenvalue weighted by Crippen LogP contribution is -2.20. The zero-order valence-electron chi connectivity index (χ0n) is 7.64. The lowest BCUT2D eigenvalue weighted by atomic mass is 10.00. The van der Waals surface area contributed by atoms with Gasteiger partial charge in [-0.15, -0.1) is 0 Å². The van der Waals surface area contributed by atoms with E-state index in [1.807, 2.05) is 6.07 Å². The zero-order valence-corrected chi connectivity index (χ0v) is 7.64. The van der Waals surface area contributed by atoms with Crippen LogP contribution in [0.4, 0.5) is 10.1 Å². The average molecular weight is 194 g/mol. The summed E-state index contributed by atoms with van der Waals surface area (Å²) in [4.78, 5) is 11.0. The minimum atomic E-state index is -0.393. The van der Waals surface area contributed by atoms with E-state index in [2.05, 4.69) is 5.32 Å². The zero-order chi connectivity index (χ0) is 10.1. The number of carbonyl (C=O) groups excluding carboxylic acids is 1. The second-order valence-electron chi connectivity index (χ2n) is 3.36. The summed E-state index contributed by atoms with van der Waals surface area (Å²) in [6, 6.07) is 3.21. The Kier molecular flexibility index (Phi) is 2.21. The number of fused-ring (bicyclic) bond motifs is 1. The van der Waals surface area contributed by atoms with Crippen LogP contribution in [0.25, 0.3) is 0 Å². The standard InChI is InChI=1S/C10H11FN2O/c11-8-4-6(5-12)3-7-1-2-9(14)13-10(7)8/h3-4H,1-2,5,12H2,(H,13,14). The highest BCUT2D eigenvalue weighted by Crippen LogP contribution is 2.26. The van der Waals surface area contributed by atoms with Crippen molar-refractivity contribution >= 4 is 11.6 Å². The van der Waals surface area contributed by atoms with E-state index < -0.39 is 5.82 Å². The summed E-state index contributed by atoms with van der Waals surface area (Å²) in [7, 11) is 0. The van der Waals surface area contributed by atoms with Crippen molar-refractivity contribution in [3.8, 4) is 0 Å². The van der Waals surface area contributed by atoms with Crippen LogP contribution in [-0.4, -0.2) is 5.91 Å². The molecule has 2 rings (SSSR count). The molecule has 74 valence electrons. The van der Waals surface area contributed by atoms with Crippen LogP contribution < -0.4 is 11.1 Å². The molecule has 1 amide bonds. The lowest BCUT2D eigenvalue weighted by molar-refractivity contribution is -0.116. The molecule has 0 aliphatic carbocycles. The molecule has 1 aliphatic rings. The van der Waals surface area contributed by atoms with Crippen molar-refractivity contribution in [1.82, 2.24) is 0 Å². The predicted molar refractivity (Wildman–Crippen MR) is 51.2 cm³/mol. The van der Waals surface area contributed by atoms with Gasteiger partial charge in [0.15, 0.2) is 0 Å². The van der Waals surface area contributed by atoms with Gasteiger partial charge in [0.2, 0.25) is 5.91 Å². The number of anilines is 1. The van der Waals surface area contributed by atoms with Crippen molar-refractivity contribution in [3.05, 3.63) is 29.1 Å². The molecule has 0 aromatic heterocycles. The third-order valence-corrected chi connectivity index (χ3v) is 2.35. The van der Waals surface area contributed by atoms with E-state index in [4.69, 9.17) is 5.73 Å². The molecule has 0 radical (unpaired) electrons. The summed E-state index contributed by atoms with van der Waals surface area (Å²) in [5, 5.41) is 2.52. The van der Waals surface area contributed by atoms with Crippen molar-refractivity contribution in [2.75, 3.05) is 5.32 Å². The molecule has 0 atom stereocenters. The van der Waals surface area contributed by atoms with Crippen LogP contribution >= 0.6 is 0 Å². The van der Waals surface area contributed by atoms with Gasteiger partial charge in [0.1, 0.15) is 5.82 Å². The Labute approximate surface area is 81.1 Å². The second kappa shape index (κ2) is 3.38. The topological polar surface area (TPSA) is 55.1 Å². The maximum atomic E-state index is 13.4. The molecule has 1 aromatic carbocycles. The van der Waals surface area contributed by atoms with Gasteiger partial charge >= 0.3 is 0 Å². The van der Waals surface area contributed by atoms with Crippen molar-refractivity contribution in [2.45, 2.75) is 19.4 Å². The van der Waals surface area contributed by atoms with Crippen molar-refractivity contribution in [2.24, 2.45) is 5.73 Å². The highest BCUT2D eigenvalue weighted by molar-refractivity contribution is 5.94. The van der Waals surface area contributed by atoms with Crippen LogP contribution in [0.2, 0.25) is 0 Å². The number of carbonyl (C=O) groups is 1. The molecule has 0 saturated heterocycles. The number of nitrogens with two attached hydrogens (primary N) is 1. The highest BCUT2D eigenvalue weighted by atomic mass is 19.1. The smallest absolute Gasteiger partial charge is 0.224 e. The van der Waals surface area contributed by atoms with Gasteiger partial charge in [-0.3, -0.25) is 4.79 Å². The van der Waals surface area contributed by atoms with E-state index >= 15 is 0 Å². The molecule has 0 unspecified atom stereocenters. The minimum absolute atomic E-state index is 0.128. The fraction of sp³-hybridized carbons (Fsp3) is 0.300. The quantitative estimate of drug-likeness (QED) is 0.705. The van der Waals surface area contributed by atoms with E-state index in [1.165, 1.54) is 6.07 Å². The van der Waals surface area contributed by atoms with Crippen molar-refractivity contribution in [1.29, 1.82) is 0 Å². The number of hydrogen-bond donors (Lipinski definition) is 2. The molecular formula is C10H11FN2O. The number of benzene rings is 1. The average Bonchev–Trinajstić information content (AvgIpc) is 2.19. The van der Waals surface area contributed by atoms with Gasteiger partial charge < -0.3 is 11.1 Å². The molecule has 0 spiro atoms. The summed E-state index contributed by atoms with van der Waals surface area (Å²) >= 11 is 0. The molecule has 1 heterocycles. The number of amides is 1. The summed E-state index contributed by atoms with van der Waals surface area (Å²) < 4.78 is 13.4. The van der Waals surface area contributed by atoms with Crippen LogP contribution in [0, 0.1) is 5.82 Å². The van der Waals surface area contributed by atoms with Gasteiger partial charge in [0.25, 0.3) is 0 Å². The fourth-order valence-electron chi connectivity index (χ4n) is 1.63. The maximum Gasteiger partial charge on any atom is 0.224 e. The van der Waals surface area contributed by atoms with Crippen LogP contribution in [-0.2, 0) is 17.8 Å². The van der Waals surface area contributed by atoms with E-state index in [-0.39, 0.29) is 5.91 Å². The summed E-state index contributed by atoms with van der Waals surface area (Å²) in [5.41, 5.74) is 7.34. The van der Waals surface area contributed by atoms with Gasteiger partial charge in [0.05, 0.1) is 5.69 Å². The van der Waals surface area contributed by atoms with Gasteiger partial charge in [-0.25, -0.2) is 4.39 Å². The molecule has 0 saturated carbocycles. The van der Waals surface area contributed by atoms with Crippen molar-refractivity contribution in [3.63, 3.8) is 0 Å². The Balaban J connectivity index is 2.48. The number of aryl methyl sites for hydroxylation is 1. The first-order valence-corrected chi connectivity index (χ1v) is 4.52. The molecule has 1 aliphatic heterocycles. The molecular weight excluding hydrogens is 183 g/mol. The normalized spacial score (nSPS) is 14.9. The van der Waals surface area contributed by atoms with Crippen LogP contribution in [0.3, 0.4) is 0 Å². The third-order valence-electron chi connectivity index (χ3n) is 2.35. The Hall–Kier alpha value is -1.42. The third kappa shape index (κ3) is 1.48. The molecule has 4 heteroatoms. The van der Waals surface area contributed by atoms with Gasteiger partial charge in [0, 0.05) is 13.0 Å². The Morgan fingerprint density at radius 3 is 2.93 bits per heavy atom. The number of halogens is 1. The summed E-state index contributed by atoms with van der Waals surface area (Å²) in [6.07, 6.45) is 1.01. The number of hydrogen-bond acceptors (Lipinski definition) is 2. The molecule has 0 fully saturated rings. The summed E-state index contributed by atoms with van der Waals surface area (Å²) in [6.45, 7) is 0.318. The minimum Gasteiger partial charge on any atom is -0.326 e. The van der Waals surface area contributed by atoms with E-state index in [0.717, 1.165) is 11.1 Å². The predicted octanol–water partition coefficient (Wildman–Crippen LogP) is 1.17. The Bertz CT molecular complexity index is 390. The fourth-order valence-corrected chi connectivity index (χ4v) is 1.63. The first kappa shape index (κ1) is 9.15. The van der Waals surface area contributed by atoms with E-state index in [1.54, 1.807) is 0 Å². The Morgan fingerprint density at radius 1 is 1.43 bits per heavy atom. The molecule has 3 N–H and O–H groups in total. The lowest BCUT2D eigenvalue weighted by Gasteiger charge is -2.18. The van der Waals surface area contributed by atoms with Crippen molar-refractivity contribution < 1.29 is 9.18 Å². The van der Waals surface area contributed by atoms with E-state index in [9.17, 15) is 9.18 Å². The SMILES string of the molecule is NCc1cc(F)c2c(c1)CCC(=O)N2. The molecule has 1 aromatic rings. The van der Waals surface area contributed by atoms with Gasteiger partial charge in [-0.1, -0.05) is 6.07 Å². The largest absolute Gasteiger partial charge is 0.326 e. The monoisotopic (exact) mass is 194 g/mol. The van der Waals surface area contributed by atoms with Gasteiger partial charge in [-0.05, 0) is 23.6 Å². The first-order valence-electron chi connectivity index (χ1n) is 4.52. The highest BCUT2D eigenvalue weighted by Gasteiger charge is 2.18. The van der Waals surface area contributed by atoms with Crippen LogP contribution in [0.15, 0.2) is 12.1 Å². The number of nitrogens with one attached hydrogen (secondary N) is 1. The maximum absolute atomic E-state index is 13.4. The van der Waals surface area contributed by atoms with E-state index in [0.29, 0.717) is 25.1 Å². The van der Waals surface area contributed by atoms with Gasteiger partial charge in [-0.2, -0.15) is 0 Å². The number of rotatable bonds is 1. The van der Waals surface area contributed by atoms with Crippen LogP contribution in [0.1, 0.15) is 17.5 Å². The second-order valence-corrected chi connectivity index (χ2v) is 3.36. The molecule has 14 heavy (non-hydrogen) atoms. The molecule has 3 nitrogen and oxygen atoms in total.